The van der Waals surface area contributed by atoms with Gasteiger partial charge >= 0.3 is 0 Å². The normalized spacial score (nSPS) is 36.1. The molecule has 1 aromatic heterocycles. The van der Waals surface area contributed by atoms with Crippen LogP contribution in [0.3, 0.4) is 0 Å². The first-order valence-electron chi connectivity index (χ1n) is 11.7. The van der Waals surface area contributed by atoms with Gasteiger partial charge in [0.25, 0.3) is 5.91 Å². The maximum Gasteiger partial charge on any atom is 0.254 e. The van der Waals surface area contributed by atoms with Crippen molar-refractivity contribution in [2.24, 2.45) is 17.8 Å². The summed E-state index contributed by atoms with van der Waals surface area (Å²) in [6.45, 7) is 2.10. The molecule has 1 amide bonds. The minimum atomic E-state index is -0.493. The molecular formula is C23H34N4O3. The minimum absolute atomic E-state index is 0.0663. The van der Waals surface area contributed by atoms with E-state index in [1.54, 1.807) is 13.1 Å². The lowest BCUT2D eigenvalue weighted by Crippen LogP contribution is -2.61. The predicted octanol–water partition coefficient (Wildman–Crippen LogP) is 2.60. The number of rotatable bonds is 6. The molecule has 0 aromatic carbocycles. The van der Waals surface area contributed by atoms with Crippen molar-refractivity contribution in [3.63, 3.8) is 0 Å². The lowest BCUT2D eigenvalue weighted by molar-refractivity contribution is -0.136. The maximum atomic E-state index is 13.4. The summed E-state index contributed by atoms with van der Waals surface area (Å²) < 4.78 is 0. The van der Waals surface area contributed by atoms with Crippen LogP contribution in [0.5, 0.6) is 0 Å². The van der Waals surface area contributed by atoms with E-state index in [0.29, 0.717) is 41.7 Å². The first kappa shape index (κ1) is 20.2. The summed E-state index contributed by atoms with van der Waals surface area (Å²) in [5, 5.41) is 26.8. The van der Waals surface area contributed by atoms with Crippen LogP contribution in [0.15, 0.2) is 6.20 Å². The van der Waals surface area contributed by atoms with Crippen LogP contribution in [0.25, 0.3) is 0 Å². The average molecular weight is 415 g/mol. The molecule has 0 saturated heterocycles. The Hall–Kier alpha value is -1.73. The first-order chi connectivity index (χ1) is 14.4. The van der Waals surface area contributed by atoms with Crippen molar-refractivity contribution in [2.75, 3.05) is 11.9 Å². The standard InChI is InChI=1S/C23H34N4O3/c1-13(28)11-24-22-25-12-18(20(27-22)15-4-2-3-5-15)21(29)26-19-16-6-14-7-17(19)10-23(30,8-14)9-16/h12-17,19,28,30H,2-11H2,1H3,(H,26,29)(H,24,25,27)/t13-,14?,16?,17?,19-,23+/m0/s1. The number of carbonyl (C=O) groups excluding carboxylic acids is 1. The van der Waals surface area contributed by atoms with Crippen LogP contribution in [0.4, 0.5) is 5.95 Å². The molecule has 4 N–H and O–H groups in total. The first-order valence-corrected chi connectivity index (χ1v) is 11.7. The van der Waals surface area contributed by atoms with Crippen molar-refractivity contribution in [3.05, 3.63) is 17.5 Å². The quantitative estimate of drug-likeness (QED) is 0.570. The van der Waals surface area contributed by atoms with E-state index in [0.717, 1.165) is 50.6 Å². The number of carbonyl (C=O) groups is 1. The van der Waals surface area contributed by atoms with Crippen molar-refractivity contribution in [1.82, 2.24) is 15.3 Å². The Morgan fingerprint density at radius 2 is 1.93 bits per heavy atom. The summed E-state index contributed by atoms with van der Waals surface area (Å²) in [7, 11) is 0. The number of aromatic nitrogens is 2. The van der Waals surface area contributed by atoms with Gasteiger partial charge in [-0.05, 0) is 69.6 Å². The number of nitrogens with one attached hydrogen (secondary N) is 2. The van der Waals surface area contributed by atoms with Gasteiger partial charge in [-0.25, -0.2) is 9.97 Å². The average Bonchev–Trinajstić information content (AvgIpc) is 3.22. The van der Waals surface area contributed by atoms with Crippen LogP contribution in [0, 0.1) is 17.8 Å². The third kappa shape index (κ3) is 3.82. The number of anilines is 1. The molecule has 5 fully saturated rings. The number of aliphatic hydroxyl groups is 2. The Morgan fingerprint density at radius 1 is 1.23 bits per heavy atom. The van der Waals surface area contributed by atoms with Crippen LogP contribution in [-0.2, 0) is 0 Å². The molecule has 7 heteroatoms. The van der Waals surface area contributed by atoms with Crippen molar-refractivity contribution >= 4 is 11.9 Å². The third-order valence-corrected chi connectivity index (χ3v) is 7.90. The molecule has 2 unspecified atom stereocenters. The molecule has 3 atom stereocenters. The molecule has 0 radical (unpaired) electrons. The Kier molecular flexibility index (Phi) is 5.22. The van der Waals surface area contributed by atoms with E-state index in [4.69, 9.17) is 4.98 Å². The van der Waals surface area contributed by atoms with Gasteiger partial charge in [-0.15, -0.1) is 0 Å². The largest absolute Gasteiger partial charge is 0.392 e. The summed E-state index contributed by atoms with van der Waals surface area (Å²) in [5.74, 6) is 2.09. The van der Waals surface area contributed by atoms with Gasteiger partial charge in [0.05, 0.1) is 23.0 Å². The topological polar surface area (TPSA) is 107 Å². The molecule has 30 heavy (non-hydrogen) atoms. The number of hydrogen-bond acceptors (Lipinski definition) is 6. The van der Waals surface area contributed by atoms with Gasteiger partial charge in [-0.3, -0.25) is 4.79 Å². The highest BCUT2D eigenvalue weighted by molar-refractivity contribution is 5.95. The maximum absolute atomic E-state index is 13.4. The van der Waals surface area contributed by atoms with Crippen LogP contribution >= 0.6 is 0 Å². The van der Waals surface area contributed by atoms with Crippen LogP contribution < -0.4 is 10.6 Å². The number of hydrogen-bond donors (Lipinski definition) is 4. The SMILES string of the molecule is C[C@H](O)CNc1ncc(C(=O)N[C@H]2C3CC4CC2C[C@@](O)(C4)C3)c(C2CCCC2)n1. The number of amides is 1. The van der Waals surface area contributed by atoms with E-state index < -0.39 is 11.7 Å². The molecule has 164 valence electrons. The molecule has 0 aliphatic heterocycles. The summed E-state index contributed by atoms with van der Waals surface area (Å²) in [5.41, 5.74) is 0.945. The Bertz CT molecular complexity index is 792. The zero-order chi connectivity index (χ0) is 20.9. The highest BCUT2D eigenvalue weighted by Crippen LogP contribution is 2.55. The van der Waals surface area contributed by atoms with E-state index >= 15 is 0 Å². The fourth-order valence-corrected chi connectivity index (χ4v) is 6.85. The summed E-state index contributed by atoms with van der Waals surface area (Å²) >= 11 is 0. The third-order valence-electron chi connectivity index (χ3n) is 7.90. The number of nitrogens with zero attached hydrogens (tertiary/aromatic N) is 2. The van der Waals surface area contributed by atoms with Crippen LogP contribution in [0.2, 0.25) is 0 Å². The van der Waals surface area contributed by atoms with Crippen LogP contribution in [0.1, 0.15) is 86.7 Å². The molecule has 5 aliphatic carbocycles. The molecule has 5 saturated carbocycles. The molecule has 6 rings (SSSR count). The van der Waals surface area contributed by atoms with Gasteiger partial charge in [0, 0.05) is 24.7 Å². The van der Waals surface area contributed by atoms with E-state index in [9.17, 15) is 15.0 Å². The zero-order valence-corrected chi connectivity index (χ0v) is 17.8. The van der Waals surface area contributed by atoms with Gasteiger partial charge in [-0.1, -0.05) is 12.8 Å². The summed E-state index contributed by atoms with van der Waals surface area (Å²) in [6.07, 6.45) is 10.4. The van der Waals surface area contributed by atoms with Crippen molar-refractivity contribution in [3.8, 4) is 0 Å². The van der Waals surface area contributed by atoms with E-state index in [-0.39, 0.29) is 11.9 Å². The van der Waals surface area contributed by atoms with Crippen molar-refractivity contribution in [2.45, 2.75) is 88.4 Å². The van der Waals surface area contributed by atoms with Crippen molar-refractivity contribution < 1.29 is 15.0 Å². The highest BCUT2D eigenvalue weighted by atomic mass is 16.3. The second kappa shape index (κ2) is 7.75. The summed E-state index contributed by atoms with van der Waals surface area (Å²) in [4.78, 5) is 22.4. The fraction of sp³-hybridized carbons (Fsp3) is 0.783. The summed E-state index contributed by atoms with van der Waals surface area (Å²) in [6, 6.07) is 0.152. The van der Waals surface area contributed by atoms with Crippen molar-refractivity contribution in [1.29, 1.82) is 0 Å². The molecule has 7 nitrogen and oxygen atoms in total. The van der Waals surface area contributed by atoms with Crippen LogP contribution in [-0.4, -0.2) is 50.4 Å². The lowest BCUT2D eigenvalue weighted by atomic mass is 9.52. The molecular weight excluding hydrogens is 380 g/mol. The van der Waals surface area contributed by atoms with Gasteiger partial charge in [0.1, 0.15) is 0 Å². The molecule has 0 spiro atoms. The molecule has 4 bridgehead atoms. The minimum Gasteiger partial charge on any atom is -0.392 e. The zero-order valence-electron chi connectivity index (χ0n) is 17.8. The van der Waals surface area contributed by atoms with Gasteiger partial charge in [-0.2, -0.15) is 0 Å². The van der Waals surface area contributed by atoms with Gasteiger partial charge in [0.2, 0.25) is 5.95 Å². The van der Waals surface area contributed by atoms with Gasteiger partial charge in [0.15, 0.2) is 0 Å². The smallest absolute Gasteiger partial charge is 0.254 e. The highest BCUT2D eigenvalue weighted by Gasteiger charge is 2.55. The fourth-order valence-electron chi connectivity index (χ4n) is 6.85. The Labute approximate surface area is 178 Å². The lowest BCUT2D eigenvalue weighted by Gasteiger charge is -2.58. The Balaban J connectivity index is 1.36. The molecule has 1 aromatic rings. The predicted molar refractivity (Wildman–Crippen MR) is 113 cm³/mol. The Morgan fingerprint density at radius 3 is 2.57 bits per heavy atom. The van der Waals surface area contributed by atoms with E-state index in [1.807, 2.05) is 0 Å². The second-order valence-corrected chi connectivity index (χ2v) is 10.4. The van der Waals surface area contributed by atoms with E-state index in [1.165, 1.54) is 12.8 Å². The molecule has 5 aliphatic rings. The number of aliphatic hydroxyl groups excluding tert-OH is 1. The van der Waals surface area contributed by atoms with Gasteiger partial charge < -0.3 is 20.8 Å². The monoisotopic (exact) mass is 414 g/mol. The molecule has 1 heterocycles. The second-order valence-electron chi connectivity index (χ2n) is 10.4. The van der Waals surface area contributed by atoms with E-state index in [2.05, 4.69) is 15.6 Å².